The van der Waals surface area contributed by atoms with Gasteiger partial charge in [0.1, 0.15) is 6.04 Å². The van der Waals surface area contributed by atoms with Crippen LogP contribution in [0.15, 0.2) is 47.4 Å². The molecule has 7 heteroatoms. The van der Waals surface area contributed by atoms with Gasteiger partial charge in [-0.2, -0.15) is 0 Å². The average Bonchev–Trinajstić information content (AvgIpc) is 2.73. The van der Waals surface area contributed by atoms with E-state index in [1.165, 1.54) is 23.7 Å². The summed E-state index contributed by atoms with van der Waals surface area (Å²) in [6.45, 7) is 8.58. The lowest BCUT2D eigenvalue weighted by atomic mass is 10.1. The second-order valence-electron chi connectivity index (χ2n) is 7.55. The first kappa shape index (κ1) is 22.5. The fraction of sp³-hybridized carbons (Fsp3) is 0.391. The minimum absolute atomic E-state index is 0.0210. The molecule has 30 heavy (non-hydrogen) atoms. The number of benzene rings is 2. The van der Waals surface area contributed by atoms with Crippen LogP contribution in [0.3, 0.4) is 0 Å². The lowest BCUT2D eigenvalue weighted by Crippen LogP contribution is -2.55. The van der Waals surface area contributed by atoms with Gasteiger partial charge in [-0.15, -0.1) is 11.8 Å². The van der Waals surface area contributed by atoms with Crippen molar-refractivity contribution in [2.45, 2.75) is 31.7 Å². The molecular formula is C23H28ClN3O2S. The number of amides is 2. The largest absolute Gasteiger partial charge is 0.368 e. The van der Waals surface area contributed by atoms with Gasteiger partial charge in [0.2, 0.25) is 11.8 Å². The molecule has 1 N–H and O–H groups in total. The lowest BCUT2D eigenvalue weighted by molar-refractivity contribution is -0.135. The van der Waals surface area contributed by atoms with Crippen molar-refractivity contribution >= 4 is 40.9 Å². The van der Waals surface area contributed by atoms with E-state index in [0.717, 1.165) is 18.0 Å². The molecule has 2 aromatic rings. The van der Waals surface area contributed by atoms with Crippen molar-refractivity contribution in [3.8, 4) is 0 Å². The fourth-order valence-corrected chi connectivity index (χ4v) is 4.64. The van der Waals surface area contributed by atoms with E-state index in [4.69, 9.17) is 11.6 Å². The summed E-state index contributed by atoms with van der Waals surface area (Å²) in [5, 5.41) is 3.50. The van der Waals surface area contributed by atoms with Gasteiger partial charge in [0, 0.05) is 54.5 Å². The Bertz CT molecular complexity index is 896. The highest BCUT2D eigenvalue weighted by molar-refractivity contribution is 7.99. The number of piperazine rings is 1. The van der Waals surface area contributed by atoms with E-state index in [0.29, 0.717) is 23.9 Å². The van der Waals surface area contributed by atoms with E-state index in [-0.39, 0.29) is 11.8 Å². The Kier molecular flexibility index (Phi) is 7.67. The molecule has 1 aliphatic heterocycles. The second-order valence-corrected chi connectivity index (χ2v) is 9.08. The zero-order valence-electron chi connectivity index (χ0n) is 17.7. The molecule has 1 aliphatic rings. The maximum Gasteiger partial charge on any atom is 0.246 e. The Morgan fingerprint density at radius 2 is 1.73 bits per heavy atom. The molecule has 0 aromatic heterocycles. The predicted molar refractivity (Wildman–Crippen MR) is 124 cm³/mol. The van der Waals surface area contributed by atoms with Crippen LogP contribution in [0.1, 0.15) is 18.1 Å². The number of hydrogen-bond donors (Lipinski definition) is 1. The first-order chi connectivity index (χ1) is 14.3. The molecule has 3 rings (SSSR count). The van der Waals surface area contributed by atoms with Crippen molar-refractivity contribution in [2.75, 3.05) is 36.8 Å². The third-order valence-corrected chi connectivity index (χ3v) is 6.77. The Morgan fingerprint density at radius 1 is 1.07 bits per heavy atom. The quantitative estimate of drug-likeness (QED) is 0.685. The summed E-state index contributed by atoms with van der Waals surface area (Å²) in [5.41, 5.74) is 3.79. The van der Waals surface area contributed by atoms with Crippen molar-refractivity contribution in [1.82, 2.24) is 10.2 Å². The van der Waals surface area contributed by atoms with Crippen molar-refractivity contribution in [1.29, 1.82) is 0 Å². The summed E-state index contributed by atoms with van der Waals surface area (Å²) >= 11 is 7.48. The molecule has 1 unspecified atom stereocenters. The Morgan fingerprint density at radius 3 is 2.37 bits per heavy atom. The zero-order chi connectivity index (χ0) is 21.7. The monoisotopic (exact) mass is 445 g/mol. The Labute approximate surface area is 187 Å². The summed E-state index contributed by atoms with van der Waals surface area (Å²) < 4.78 is 0. The molecule has 0 saturated carbocycles. The average molecular weight is 446 g/mol. The van der Waals surface area contributed by atoms with Crippen molar-refractivity contribution in [3.05, 3.63) is 58.6 Å². The first-order valence-corrected chi connectivity index (χ1v) is 11.5. The minimum atomic E-state index is -0.546. The number of anilines is 1. The van der Waals surface area contributed by atoms with Gasteiger partial charge in [-0.05, 0) is 55.3 Å². The maximum absolute atomic E-state index is 13.1. The lowest BCUT2D eigenvalue weighted by Gasteiger charge is -2.38. The van der Waals surface area contributed by atoms with E-state index in [1.54, 1.807) is 11.8 Å². The van der Waals surface area contributed by atoms with Crippen LogP contribution < -0.4 is 10.2 Å². The number of halogens is 1. The van der Waals surface area contributed by atoms with Gasteiger partial charge in [0.25, 0.3) is 0 Å². The minimum Gasteiger partial charge on any atom is -0.368 e. The number of carbonyl (C=O) groups is 2. The zero-order valence-corrected chi connectivity index (χ0v) is 19.2. The summed E-state index contributed by atoms with van der Waals surface area (Å²) in [5.74, 6) is 0.267. The molecule has 1 atom stereocenters. The molecule has 0 spiro atoms. The molecule has 1 heterocycles. The van der Waals surface area contributed by atoms with E-state index < -0.39 is 6.04 Å². The third-order valence-electron chi connectivity index (χ3n) is 5.41. The fourth-order valence-electron chi connectivity index (χ4n) is 3.60. The van der Waals surface area contributed by atoms with Gasteiger partial charge >= 0.3 is 0 Å². The Balaban J connectivity index is 1.61. The number of nitrogens with zero attached hydrogens (tertiary/aromatic N) is 2. The normalized spacial score (nSPS) is 15.1. The summed E-state index contributed by atoms with van der Waals surface area (Å²) in [4.78, 5) is 30.0. The van der Waals surface area contributed by atoms with Gasteiger partial charge < -0.3 is 15.1 Å². The van der Waals surface area contributed by atoms with Gasteiger partial charge in [-0.1, -0.05) is 23.7 Å². The van der Waals surface area contributed by atoms with Crippen molar-refractivity contribution in [3.63, 3.8) is 0 Å². The third kappa shape index (κ3) is 5.70. The van der Waals surface area contributed by atoms with Crippen LogP contribution in [0.4, 0.5) is 5.69 Å². The van der Waals surface area contributed by atoms with Crippen molar-refractivity contribution < 1.29 is 9.59 Å². The standard InChI is InChI=1S/C23H28ClN3O2S/c1-16-5-4-6-22(17(16)2)26-11-13-27(14-12-26)23(29)21(25-18(3)28)15-30-20-9-7-19(24)8-10-20/h4-10,21H,11-15H2,1-3H3,(H,25,28). The van der Waals surface area contributed by atoms with Crippen LogP contribution in [0.2, 0.25) is 5.02 Å². The first-order valence-electron chi connectivity index (χ1n) is 10.1. The van der Waals surface area contributed by atoms with E-state index >= 15 is 0 Å². The van der Waals surface area contributed by atoms with Crippen molar-refractivity contribution in [2.24, 2.45) is 0 Å². The van der Waals surface area contributed by atoms with Crippen LogP contribution in [0.25, 0.3) is 0 Å². The molecule has 0 radical (unpaired) electrons. The maximum atomic E-state index is 13.1. The van der Waals surface area contributed by atoms with E-state index in [1.807, 2.05) is 29.2 Å². The number of nitrogens with one attached hydrogen (secondary N) is 1. The molecule has 1 saturated heterocycles. The molecule has 0 aliphatic carbocycles. The number of rotatable bonds is 6. The number of hydrogen-bond acceptors (Lipinski definition) is 4. The van der Waals surface area contributed by atoms with Gasteiger partial charge in [0.05, 0.1) is 0 Å². The highest BCUT2D eigenvalue weighted by Gasteiger charge is 2.28. The Hall–Kier alpha value is -2.18. The molecule has 5 nitrogen and oxygen atoms in total. The molecular weight excluding hydrogens is 418 g/mol. The van der Waals surface area contributed by atoms with E-state index in [9.17, 15) is 9.59 Å². The molecule has 2 aromatic carbocycles. The van der Waals surface area contributed by atoms with Crippen LogP contribution in [-0.2, 0) is 9.59 Å². The van der Waals surface area contributed by atoms with Gasteiger partial charge in [-0.3, -0.25) is 9.59 Å². The molecule has 0 bridgehead atoms. The summed E-state index contributed by atoms with van der Waals surface area (Å²) in [6.07, 6.45) is 0. The summed E-state index contributed by atoms with van der Waals surface area (Å²) in [7, 11) is 0. The number of carbonyl (C=O) groups excluding carboxylic acids is 2. The van der Waals surface area contributed by atoms with Crippen LogP contribution in [0.5, 0.6) is 0 Å². The molecule has 2 amide bonds. The SMILES string of the molecule is CC(=O)NC(CSc1ccc(Cl)cc1)C(=O)N1CCN(c2cccc(C)c2C)CC1. The molecule has 1 fully saturated rings. The summed E-state index contributed by atoms with van der Waals surface area (Å²) in [6, 6.07) is 13.3. The second kappa shape index (κ2) is 10.2. The van der Waals surface area contributed by atoms with Gasteiger partial charge in [-0.25, -0.2) is 0 Å². The van der Waals surface area contributed by atoms with Crippen LogP contribution >= 0.6 is 23.4 Å². The van der Waals surface area contributed by atoms with Crippen LogP contribution in [0, 0.1) is 13.8 Å². The number of thioether (sulfide) groups is 1. The topological polar surface area (TPSA) is 52.7 Å². The molecule has 160 valence electrons. The number of aryl methyl sites for hydroxylation is 1. The van der Waals surface area contributed by atoms with E-state index in [2.05, 4.69) is 42.3 Å². The highest BCUT2D eigenvalue weighted by Crippen LogP contribution is 2.25. The highest BCUT2D eigenvalue weighted by atomic mass is 35.5. The smallest absolute Gasteiger partial charge is 0.246 e. The predicted octanol–water partition coefficient (Wildman–Crippen LogP) is 3.90. The van der Waals surface area contributed by atoms with Crippen LogP contribution in [-0.4, -0.2) is 54.7 Å². The van der Waals surface area contributed by atoms with Gasteiger partial charge in [0.15, 0.2) is 0 Å².